The Labute approximate surface area is 157 Å². The number of piperidine rings is 1. The number of likely N-dealkylation sites (tertiary alicyclic amines) is 1. The highest BCUT2D eigenvalue weighted by atomic mass is 32.2. The molecule has 2 atom stereocenters. The zero-order valence-electron chi connectivity index (χ0n) is 16.2. The summed E-state index contributed by atoms with van der Waals surface area (Å²) < 4.78 is 26.4. The number of nitrogens with zero attached hydrogens (tertiary/aromatic N) is 2. The number of hydrogen-bond donors (Lipinski definition) is 1. The summed E-state index contributed by atoms with van der Waals surface area (Å²) in [6.07, 6.45) is 1.21. The zero-order valence-corrected chi connectivity index (χ0v) is 17.1. The maximum atomic E-state index is 12.5. The molecule has 1 N–H and O–H groups in total. The first kappa shape index (κ1) is 20.9. The molecule has 0 aromatic heterocycles. The highest BCUT2D eigenvalue weighted by Crippen LogP contribution is 2.21. The van der Waals surface area contributed by atoms with Gasteiger partial charge in [-0.15, -0.1) is 0 Å². The van der Waals surface area contributed by atoms with Gasteiger partial charge in [0.2, 0.25) is 15.9 Å². The van der Waals surface area contributed by atoms with Crippen molar-refractivity contribution in [3.8, 4) is 0 Å². The van der Waals surface area contributed by atoms with Crippen LogP contribution in [0, 0.1) is 11.8 Å². The number of amides is 1. The second-order valence-electron chi connectivity index (χ2n) is 7.30. The van der Waals surface area contributed by atoms with Crippen LogP contribution in [0.4, 0.5) is 5.69 Å². The third-order valence-corrected chi connectivity index (χ3v) is 6.86. The van der Waals surface area contributed by atoms with Gasteiger partial charge in [0.15, 0.2) is 0 Å². The Hall–Kier alpha value is -1.44. The van der Waals surface area contributed by atoms with Crippen LogP contribution in [-0.4, -0.2) is 56.3 Å². The molecule has 1 saturated heterocycles. The molecule has 146 valence electrons. The lowest BCUT2D eigenvalue weighted by Crippen LogP contribution is -2.42. The Morgan fingerprint density at radius 3 is 2.15 bits per heavy atom. The largest absolute Gasteiger partial charge is 0.325 e. The first-order chi connectivity index (χ1) is 12.3. The van der Waals surface area contributed by atoms with E-state index in [2.05, 4.69) is 24.1 Å². The average Bonchev–Trinajstić information content (AvgIpc) is 2.55. The lowest BCUT2D eigenvalue weighted by Gasteiger charge is -2.34. The van der Waals surface area contributed by atoms with Gasteiger partial charge in [-0.3, -0.25) is 9.69 Å². The Morgan fingerprint density at radius 2 is 1.65 bits per heavy atom. The van der Waals surface area contributed by atoms with Gasteiger partial charge in [-0.2, -0.15) is 4.31 Å². The summed E-state index contributed by atoms with van der Waals surface area (Å²) in [5.74, 6) is 1.15. The van der Waals surface area contributed by atoms with Gasteiger partial charge < -0.3 is 5.32 Å². The van der Waals surface area contributed by atoms with Crippen LogP contribution in [0.1, 0.15) is 34.1 Å². The number of benzene rings is 1. The third-order valence-electron chi connectivity index (χ3n) is 4.79. The summed E-state index contributed by atoms with van der Waals surface area (Å²) in [5.41, 5.74) is 0.617. The maximum Gasteiger partial charge on any atom is 0.243 e. The fourth-order valence-electron chi connectivity index (χ4n) is 3.75. The van der Waals surface area contributed by atoms with Crippen LogP contribution < -0.4 is 5.32 Å². The molecule has 1 aromatic carbocycles. The second kappa shape index (κ2) is 8.97. The quantitative estimate of drug-likeness (QED) is 0.788. The normalized spacial score (nSPS) is 21.7. The minimum atomic E-state index is -3.47. The van der Waals surface area contributed by atoms with Crippen molar-refractivity contribution < 1.29 is 13.2 Å². The summed E-state index contributed by atoms with van der Waals surface area (Å²) in [6.45, 7) is 11.2. The second-order valence-corrected chi connectivity index (χ2v) is 9.24. The van der Waals surface area contributed by atoms with E-state index in [4.69, 9.17) is 0 Å². The minimum absolute atomic E-state index is 0.0642. The predicted molar refractivity (Wildman–Crippen MR) is 105 cm³/mol. The molecule has 1 aromatic rings. The first-order valence-electron chi connectivity index (χ1n) is 9.38. The van der Waals surface area contributed by atoms with Gasteiger partial charge in [0.1, 0.15) is 0 Å². The smallest absolute Gasteiger partial charge is 0.243 e. The van der Waals surface area contributed by atoms with Crippen molar-refractivity contribution >= 4 is 21.6 Å². The van der Waals surface area contributed by atoms with Crippen LogP contribution in [0.15, 0.2) is 29.2 Å². The predicted octanol–water partition coefficient (Wildman–Crippen LogP) is 2.63. The molecule has 1 fully saturated rings. The number of sulfonamides is 1. The Bertz CT molecular complexity index is 689. The number of nitrogens with one attached hydrogen (secondary N) is 1. The molecule has 1 heterocycles. The van der Waals surface area contributed by atoms with E-state index in [0.29, 0.717) is 37.2 Å². The summed E-state index contributed by atoms with van der Waals surface area (Å²) in [7, 11) is -3.47. The van der Waals surface area contributed by atoms with Crippen molar-refractivity contribution in [2.24, 2.45) is 11.8 Å². The Balaban J connectivity index is 1.97. The molecule has 2 rings (SSSR count). The van der Waals surface area contributed by atoms with E-state index in [-0.39, 0.29) is 10.8 Å². The molecular formula is C19H31N3O3S. The third kappa shape index (κ3) is 5.28. The molecule has 0 aliphatic carbocycles. The van der Waals surface area contributed by atoms with Crippen LogP contribution in [-0.2, 0) is 14.8 Å². The van der Waals surface area contributed by atoms with E-state index >= 15 is 0 Å². The highest BCUT2D eigenvalue weighted by molar-refractivity contribution is 7.89. The fraction of sp³-hybridized carbons (Fsp3) is 0.632. The fourth-order valence-corrected chi connectivity index (χ4v) is 5.21. The number of rotatable bonds is 7. The molecule has 0 bridgehead atoms. The highest BCUT2D eigenvalue weighted by Gasteiger charge is 2.24. The molecule has 1 aliphatic rings. The lowest BCUT2D eigenvalue weighted by molar-refractivity contribution is -0.117. The van der Waals surface area contributed by atoms with Crippen LogP contribution in [0.3, 0.4) is 0 Å². The van der Waals surface area contributed by atoms with Gasteiger partial charge in [0, 0.05) is 31.9 Å². The molecule has 6 nitrogen and oxygen atoms in total. The first-order valence-corrected chi connectivity index (χ1v) is 10.8. The summed E-state index contributed by atoms with van der Waals surface area (Å²) in [4.78, 5) is 14.7. The van der Waals surface area contributed by atoms with Crippen molar-refractivity contribution in [3.63, 3.8) is 0 Å². The monoisotopic (exact) mass is 381 g/mol. The standard InChI is InChI=1S/C19H31N3O3S/c1-5-22(6-2)26(24,25)18-9-7-17(8-10-18)20-19(23)14-21-12-15(3)11-16(4)13-21/h7-10,15-16H,5-6,11-14H2,1-4H3,(H,20,23). The van der Waals surface area contributed by atoms with Crippen LogP contribution in [0.25, 0.3) is 0 Å². The van der Waals surface area contributed by atoms with Gasteiger partial charge in [0.25, 0.3) is 0 Å². The molecular weight excluding hydrogens is 350 g/mol. The van der Waals surface area contributed by atoms with Gasteiger partial charge >= 0.3 is 0 Å². The SMILES string of the molecule is CCN(CC)S(=O)(=O)c1ccc(NC(=O)CN2CC(C)CC(C)C2)cc1. The van der Waals surface area contributed by atoms with E-state index in [9.17, 15) is 13.2 Å². The van der Waals surface area contributed by atoms with Gasteiger partial charge in [-0.05, 0) is 42.5 Å². The van der Waals surface area contributed by atoms with Crippen LogP contribution in [0.2, 0.25) is 0 Å². The van der Waals surface area contributed by atoms with Crippen LogP contribution >= 0.6 is 0 Å². The van der Waals surface area contributed by atoms with Crippen LogP contribution in [0.5, 0.6) is 0 Å². The van der Waals surface area contributed by atoms with Crippen molar-refractivity contribution in [1.82, 2.24) is 9.21 Å². The topological polar surface area (TPSA) is 69.7 Å². The lowest BCUT2D eigenvalue weighted by atomic mass is 9.92. The van der Waals surface area contributed by atoms with Gasteiger partial charge in [-0.1, -0.05) is 27.7 Å². The van der Waals surface area contributed by atoms with Gasteiger partial charge in [0.05, 0.1) is 11.4 Å². The molecule has 0 saturated carbocycles. The molecule has 0 radical (unpaired) electrons. The molecule has 7 heteroatoms. The zero-order chi connectivity index (χ0) is 19.3. The van der Waals surface area contributed by atoms with E-state index in [1.807, 2.05) is 13.8 Å². The molecule has 2 unspecified atom stereocenters. The number of anilines is 1. The van der Waals surface area contributed by atoms with Crippen molar-refractivity contribution in [1.29, 1.82) is 0 Å². The summed E-state index contributed by atoms with van der Waals surface area (Å²) in [6, 6.07) is 6.40. The van der Waals surface area contributed by atoms with Crippen molar-refractivity contribution in [2.75, 3.05) is 38.0 Å². The van der Waals surface area contributed by atoms with E-state index < -0.39 is 10.0 Å². The molecule has 26 heavy (non-hydrogen) atoms. The van der Waals surface area contributed by atoms with Crippen molar-refractivity contribution in [2.45, 2.75) is 39.0 Å². The molecule has 0 spiro atoms. The average molecular weight is 382 g/mol. The maximum absolute atomic E-state index is 12.5. The summed E-state index contributed by atoms with van der Waals surface area (Å²) in [5, 5.41) is 2.87. The Kier molecular flexibility index (Phi) is 7.20. The number of hydrogen-bond acceptors (Lipinski definition) is 4. The minimum Gasteiger partial charge on any atom is -0.325 e. The van der Waals surface area contributed by atoms with E-state index in [0.717, 1.165) is 13.1 Å². The number of carbonyl (C=O) groups is 1. The van der Waals surface area contributed by atoms with E-state index in [1.165, 1.54) is 10.7 Å². The Morgan fingerprint density at radius 1 is 1.12 bits per heavy atom. The number of carbonyl (C=O) groups excluding carboxylic acids is 1. The molecule has 1 aliphatic heterocycles. The van der Waals surface area contributed by atoms with Crippen molar-refractivity contribution in [3.05, 3.63) is 24.3 Å². The van der Waals surface area contributed by atoms with Gasteiger partial charge in [-0.25, -0.2) is 8.42 Å². The van der Waals surface area contributed by atoms with E-state index in [1.54, 1.807) is 24.3 Å². The summed E-state index contributed by atoms with van der Waals surface area (Å²) >= 11 is 0. The molecule has 1 amide bonds.